The van der Waals surface area contributed by atoms with Crippen LogP contribution in [0.4, 0.5) is 0 Å². The van der Waals surface area contributed by atoms with E-state index in [2.05, 4.69) is 0 Å². The molecule has 2 saturated heterocycles. The topological polar surface area (TPSA) is 26.3 Å². The molecular formula is C14H17ClO2S2. The van der Waals surface area contributed by atoms with Gasteiger partial charge in [-0.15, -0.1) is 11.3 Å². The third-order valence-corrected chi connectivity index (χ3v) is 6.99. The van der Waals surface area contributed by atoms with Crippen molar-refractivity contribution < 1.29 is 9.53 Å². The number of carbonyl (C=O) groups is 1. The maximum absolute atomic E-state index is 12.6. The van der Waals surface area contributed by atoms with Gasteiger partial charge in [-0.3, -0.25) is 4.79 Å². The van der Waals surface area contributed by atoms with Crippen molar-refractivity contribution in [3.05, 3.63) is 20.8 Å². The number of hydrogen-bond acceptors (Lipinski definition) is 4. The summed E-state index contributed by atoms with van der Waals surface area (Å²) in [5.74, 6) is 2.50. The van der Waals surface area contributed by atoms with E-state index in [1.807, 2.05) is 24.1 Å². The second-order valence-corrected chi connectivity index (χ2v) is 7.81. The van der Waals surface area contributed by atoms with Gasteiger partial charge in [0.25, 0.3) is 0 Å². The molecule has 1 aromatic heterocycles. The summed E-state index contributed by atoms with van der Waals surface area (Å²) in [6.07, 6.45) is 2.78. The highest BCUT2D eigenvalue weighted by atomic mass is 35.5. The molecule has 0 saturated carbocycles. The first kappa shape index (κ1) is 13.9. The van der Waals surface area contributed by atoms with Crippen molar-refractivity contribution in [2.24, 2.45) is 5.92 Å². The van der Waals surface area contributed by atoms with Gasteiger partial charge < -0.3 is 4.74 Å². The van der Waals surface area contributed by atoms with Gasteiger partial charge in [0.2, 0.25) is 0 Å². The van der Waals surface area contributed by atoms with Gasteiger partial charge in [0.1, 0.15) is 0 Å². The highest BCUT2D eigenvalue weighted by molar-refractivity contribution is 7.99. The highest BCUT2D eigenvalue weighted by Crippen LogP contribution is 2.42. The molecule has 2 aliphatic heterocycles. The Kier molecular flexibility index (Phi) is 3.96. The van der Waals surface area contributed by atoms with E-state index in [0.717, 1.165) is 41.2 Å². The second kappa shape index (κ2) is 5.40. The Hall–Kier alpha value is -0.0300. The molecule has 19 heavy (non-hydrogen) atoms. The number of halogens is 1. The summed E-state index contributed by atoms with van der Waals surface area (Å²) in [5, 5.41) is 2.62. The summed E-state index contributed by atoms with van der Waals surface area (Å²) >= 11 is 9.65. The number of aryl methyl sites for hydroxylation is 1. The van der Waals surface area contributed by atoms with Gasteiger partial charge in [0, 0.05) is 18.3 Å². The van der Waals surface area contributed by atoms with E-state index in [9.17, 15) is 4.79 Å². The van der Waals surface area contributed by atoms with Crippen LogP contribution in [0.25, 0.3) is 0 Å². The fourth-order valence-electron chi connectivity index (χ4n) is 2.90. The second-order valence-electron chi connectivity index (χ2n) is 5.45. The average molecular weight is 317 g/mol. The van der Waals surface area contributed by atoms with E-state index in [1.165, 1.54) is 11.3 Å². The first-order valence-electron chi connectivity index (χ1n) is 6.61. The number of Topliss-reactive ketones (excluding diaryl/α,β-unsaturated/α-hetero) is 1. The molecule has 2 nitrogen and oxygen atoms in total. The van der Waals surface area contributed by atoms with E-state index in [-0.39, 0.29) is 17.3 Å². The molecule has 5 heteroatoms. The summed E-state index contributed by atoms with van der Waals surface area (Å²) in [7, 11) is 0. The molecule has 0 amide bonds. The average Bonchev–Trinajstić information content (AvgIpc) is 2.98. The molecule has 1 aromatic rings. The molecule has 2 atom stereocenters. The molecule has 0 N–H and O–H groups in total. The van der Waals surface area contributed by atoms with Crippen LogP contribution in [0, 0.1) is 12.8 Å². The first-order chi connectivity index (χ1) is 9.11. The van der Waals surface area contributed by atoms with E-state index < -0.39 is 0 Å². The van der Waals surface area contributed by atoms with E-state index >= 15 is 0 Å². The van der Waals surface area contributed by atoms with Gasteiger partial charge in [0.05, 0.1) is 15.5 Å². The Morgan fingerprint density at radius 2 is 2.42 bits per heavy atom. The number of thioether (sulfide) groups is 1. The quantitative estimate of drug-likeness (QED) is 0.765. The minimum atomic E-state index is -0.0397. The standard InChI is InChI=1S/C14H17ClO2S2/c1-9-7-19-13(11(9)15)12(16)10-2-4-17-14(6-10)3-5-18-8-14/h7,10H,2-6,8H2,1H3. The first-order valence-corrected chi connectivity index (χ1v) is 9.02. The summed E-state index contributed by atoms with van der Waals surface area (Å²) in [4.78, 5) is 13.4. The zero-order valence-corrected chi connectivity index (χ0v) is 13.3. The summed E-state index contributed by atoms with van der Waals surface area (Å²) < 4.78 is 5.98. The lowest BCUT2D eigenvalue weighted by molar-refractivity contribution is -0.0734. The van der Waals surface area contributed by atoms with Crippen LogP contribution in [0.5, 0.6) is 0 Å². The van der Waals surface area contributed by atoms with Crippen molar-refractivity contribution in [1.29, 1.82) is 0 Å². The van der Waals surface area contributed by atoms with E-state index in [0.29, 0.717) is 11.6 Å². The molecule has 2 fully saturated rings. The van der Waals surface area contributed by atoms with Crippen LogP contribution < -0.4 is 0 Å². The molecule has 104 valence electrons. The SMILES string of the molecule is Cc1csc(C(=O)C2CCOC3(CCSC3)C2)c1Cl. The highest BCUT2D eigenvalue weighted by Gasteiger charge is 2.43. The molecule has 0 bridgehead atoms. The van der Waals surface area contributed by atoms with Gasteiger partial charge in [-0.25, -0.2) is 0 Å². The van der Waals surface area contributed by atoms with E-state index in [1.54, 1.807) is 0 Å². The minimum Gasteiger partial charge on any atom is -0.374 e. The van der Waals surface area contributed by atoms with Crippen LogP contribution in [0.2, 0.25) is 5.02 Å². The number of ketones is 1. The van der Waals surface area contributed by atoms with Crippen LogP contribution in [0.1, 0.15) is 34.5 Å². The lowest BCUT2D eigenvalue weighted by Crippen LogP contribution is -2.42. The molecule has 0 aromatic carbocycles. The molecule has 0 radical (unpaired) electrons. The number of carbonyl (C=O) groups excluding carboxylic acids is 1. The smallest absolute Gasteiger partial charge is 0.177 e. The van der Waals surface area contributed by atoms with Crippen LogP contribution in [0.15, 0.2) is 5.38 Å². The van der Waals surface area contributed by atoms with Gasteiger partial charge >= 0.3 is 0 Å². The van der Waals surface area contributed by atoms with Crippen molar-refractivity contribution >= 4 is 40.5 Å². The maximum atomic E-state index is 12.6. The third-order valence-electron chi connectivity index (χ3n) is 4.05. The summed E-state index contributed by atoms with van der Waals surface area (Å²) in [6, 6.07) is 0. The molecule has 2 aliphatic rings. The van der Waals surface area contributed by atoms with Crippen LogP contribution in [-0.2, 0) is 4.74 Å². The van der Waals surface area contributed by atoms with Gasteiger partial charge in [0.15, 0.2) is 5.78 Å². The predicted octanol–water partition coefficient (Wildman–Crippen LogP) is 4.19. The lowest BCUT2D eigenvalue weighted by Gasteiger charge is -2.37. The molecule has 1 spiro atoms. The lowest BCUT2D eigenvalue weighted by atomic mass is 9.82. The van der Waals surface area contributed by atoms with E-state index in [4.69, 9.17) is 16.3 Å². The number of ether oxygens (including phenoxy) is 1. The number of rotatable bonds is 2. The van der Waals surface area contributed by atoms with Crippen molar-refractivity contribution in [1.82, 2.24) is 0 Å². The predicted molar refractivity (Wildman–Crippen MR) is 81.7 cm³/mol. The Bertz CT molecular complexity index is 492. The van der Waals surface area contributed by atoms with Crippen molar-refractivity contribution in [2.45, 2.75) is 31.8 Å². The largest absolute Gasteiger partial charge is 0.374 e. The molecule has 3 heterocycles. The Labute approximate surface area is 126 Å². The fourth-order valence-corrected chi connectivity index (χ4v) is 5.58. The van der Waals surface area contributed by atoms with Crippen molar-refractivity contribution in [3.63, 3.8) is 0 Å². The zero-order valence-electron chi connectivity index (χ0n) is 10.9. The van der Waals surface area contributed by atoms with Gasteiger partial charge in [-0.1, -0.05) is 11.6 Å². The van der Waals surface area contributed by atoms with Crippen molar-refractivity contribution in [3.8, 4) is 0 Å². The van der Waals surface area contributed by atoms with Gasteiger partial charge in [-0.2, -0.15) is 11.8 Å². The summed E-state index contributed by atoms with van der Waals surface area (Å²) in [6.45, 7) is 2.66. The molecular weight excluding hydrogens is 300 g/mol. The van der Waals surface area contributed by atoms with Crippen LogP contribution >= 0.6 is 34.7 Å². The normalized spacial score (nSPS) is 30.9. The zero-order chi connectivity index (χ0) is 13.5. The van der Waals surface area contributed by atoms with Crippen LogP contribution in [0.3, 0.4) is 0 Å². The Balaban J connectivity index is 1.78. The number of thiophene rings is 1. The third kappa shape index (κ3) is 2.60. The molecule has 3 rings (SSSR count). The molecule has 2 unspecified atom stereocenters. The monoisotopic (exact) mass is 316 g/mol. The Morgan fingerprint density at radius 3 is 3.05 bits per heavy atom. The van der Waals surface area contributed by atoms with Crippen molar-refractivity contribution in [2.75, 3.05) is 18.1 Å². The summed E-state index contributed by atoms with van der Waals surface area (Å²) in [5.41, 5.74) is 0.968. The minimum absolute atomic E-state index is 0.0397. The maximum Gasteiger partial charge on any atom is 0.177 e. The number of hydrogen-bond donors (Lipinski definition) is 0. The van der Waals surface area contributed by atoms with Crippen LogP contribution in [-0.4, -0.2) is 29.5 Å². The Morgan fingerprint density at radius 1 is 1.58 bits per heavy atom. The fraction of sp³-hybridized carbons (Fsp3) is 0.643. The molecule has 0 aliphatic carbocycles. The van der Waals surface area contributed by atoms with Gasteiger partial charge in [-0.05, 0) is 42.9 Å².